The lowest BCUT2D eigenvalue weighted by Gasteiger charge is -2.28. The van der Waals surface area contributed by atoms with Gasteiger partial charge in [-0.1, -0.05) is 134 Å². The third-order valence-electron chi connectivity index (χ3n) is 13.3. The predicted octanol–water partition coefficient (Wildman–Crippen LogP) is 16.4. The average Bonchev–Trinajstić information content (AvgIpc) is 4.01. The number of hydrogen-bond donors (Lipinski definition) is 0. The van der Waals surface area contributed by atoms with Crippen LogP contribution in [0.4, 0.5) is 0 Å². The smallest absolute Gasteiger partial charge is 0.0759 e. The highest BCUT2D eigenvalue weighted by atomic mass is 32.1. The van der Waals surface area contributed by atoms with Crippen molar-refractivity contribution < 1.29 is 0 Å². The van der Waals surface area contributed by atoms with Crippen molar-refractivity contribution >= 4 is 85.2 Å². The molecule has 3 aliphatic rings. The Morgan fingerprint density at radius 3 is 2.24 bits per heavy atom. The number of aromatic nitrogens is 1. The first kappa shape index (κ1) is 36.6. The summed E-state index contributed by atoms with van der Waals surface area (Å²) in [7, 11) is 0. The van der Waals surface area contributed by atoms with Gasteiger partial charge in [0.15, 0.2) is 0 Å². The zero-order valence-corrected chi connectivity index (χ0v) is 35.5. The molecule has 2 aliphatic carbocycles. The summed E-state index contributed by atoms with van der Waals surface area (Å²) < 4.78 is 5.35. The second-order valence-electron chi connectivity index (χ2n) is 17.1. The number of hydrogen-bond acceptors (Lipinski definition) is 4. The number of allylic oxidation sites excluding steroid dienone is 8. The van der Waals surface area contributed by atoms with Crippen molar-refractivity contribution in [1.29, 1.82) is 0 Å². The number of rotatable bonds is 5. The summed E-state index contributed by atoms with van der Waals surface area (Å²) in [6.07, 6.45) is 18.2. The lowest BCUT2D eigenvalue weighted by Crippen LogP contribution is -2.16. The zero-order valence-electron chi connectivity index (χ0n) is 33.9. The Morgan fingerprint density at radius 2 is 1.39 bits per heavy atom. The molecule has 2 nitrogen and oxygen atoms in total. The van der Waals surface area contributed by atoms with Gasteiger partial charge in [0.2, 0.25) is 0 Å². The minimum Gasteiger partial charge on any atom is -0.258 e. The van der Waals surface area contributed by atoms with Gasteiger partial charge in [-0.25, -0.2) is 4.98 Å². The van der Waals surface area contributed by atoms with E-state index >= 15 is 0 Å². The van der Waals surface area contributed by atoms with E-state index < -0.39 is 0 Å². The van der Waals surface area contributed by atoms with Crippen LogP contribution in [-0.4, -0.2) is 10.7 Å². The first-order chi connectivity index (χ1) is 29.1. The Balaban J connectivity index is 1.03. The highest BCUT2D eigenvalue weighted by Gasteiger charge is 2.28. The summed E-state index contributed by atoms with van der Waals surface area (Å²) in [6, 6.07) is 42.7. The maximum Gasteiger partial charge on any atom is 0.0759 e. The van der Waals surface area contributed by atoms with E-state index in [2.05, 4.69) is 153 Å². The molecule has 2 unspecified atom stereocenters. The molecular formula is C55H48N2S2. The number of benzene rings is 5. The second kappa shape index (κ2) is 15.3. The van der Waals surface area contributed by atoms with Crippen LogP contribution < -0.4 is 0 Å². The van der Waals surface area contributed by atoms with Crippen LogP contribution in [0.1, 0.15) is 82.4 Å². The largest absolute Gasteiger partial charge is 0.258 e. The van der Waals surface area contributed by atoms with Gasteiger partial charge in [-0.3, -0.25) is 4.99 Å². The molecule has 3 atom stereocenters. The third kappa shape index (κ3) is 6.62. The molecule has 0 bridgehead atoms. The molecule has 0 radical (unpaired) electrons. The normalized spacial score (nSPS) is 22.3. The summed E-state index contributed by atoms with van der Waals surface area (Å²) in [4.78, 5) is 11.4. The SMILES string of the molecule is CC1=CC=C(/C2=N/C(C3CCC=C(c4nc5cccc(-c6cccc7c6sc6ccccc67)c5c5sc6ccccc6c45)C3)=C/C[C@@H](C)C(c3ccccc3)CCC2)C1. The van der Waals surface area contributed by atoms with Crippen molar-refractivity contribution in [2.24, 2.45) is 16.8 Å². The molecule has 1 aliphatic heterocycles. The molecule has 11 rings (SSSR count). The van der Waals surface area contributed by atoms with Crippen LogP contribution in [0.5, 0.6) is 0 Å². The summed E-state index contributed by atoms with van der Waals surface area (Å²) in [6.45, 7) is 4.72. The van der Waals surface area contributed by atoms with Crippen molar-refractivity contribution in [3.63, 3.8) is 0 Å². The highest BCUT2D eigenvalue weighted by Crippen LogP contribution is 2.49. The van der Waals surface area contributed by atoms with Crippen molar-refractivity contribution in [1.82, 2.24) is 4.98 Å². The fraction of sp³-hybridized carbons (Fsp3) is 0.236. The van der Waals surface area contributed by atoms with Crippen molar-refractivity contribution in [2.75, 3.05) is 0 Å². The van der Waals surface area contributed by atoms with Crippen LogP contribution in [0, 0.1) is 11.8 Å². The maximum absolute atomic E-state index is 5.71. The van der Waals surface area contributed by atoms with Crippen LogP contribution in [0.15, 0.2) is 161 Å². The molecule has 0 saturated carbocycles. The van der Waals surface area contributed by atoms with Crippen LogP contribution in [0.2, 0.25) is 0 Å². The van der Waals surface area contributed by atoms with Gasteiger partial charge >= 0.3 is 0 Å². The van der Waals surface area contributed by atoms with Gasteiger partial charge in [0.1, 0.15) is 0 Å². The molecule has 3 aromatic heterocycles. The Labute approximate surface area is 355 Å². The van der Waals surface area contributed by atoms with E-state index in [1.807, 2.05) is 22.7 Å². The zero-order chi connectivity index (χ0) is 39.5. The summed E-state index contributed by atoms with van der Waals surface area (Å²) in [5, 5.41) is 6.55. The van der Waals surface area contributed by atoms with E-state index in [0.29, 0.717) is 17.8 Å². The molecule has 0 saturated heterocycles. The summed E-state index contributed by atoms with van der Waals surface area (Å²) in [5.41, 5.74) is 13.1. The molecule has 4 heterocycles. The van der Waals surface area contributed by atoms with E-state index in [-0.39, 0.29) is 0 Å². The fourth-order valence-electron chi connectivity index (χ4n) is 10.3. The van der Waals surface area contributed by atoms with Gasteiger partial charge in [0.25, 0.3) is 0 Å². The predicted molar refractivity (Wildman–Crippen MR) is 257 cm³/mol. The molecule has 5 aromatic carbocycles. The molecular weight excluding hydrogens is 753 g/mol. The van der Waals surface area contributed by atoms with Crippen LogP contribution in [0.25, 0.3) is 67.9 Å². The van der Waals surface area contributed by atoms with E-state index in [1.54, 1.807) is 0 Å². The minimum absolute atomic E-state index is 0.345. The quantitative estimate of drug-likeness (QED) is 0.170. The third-order valence-corrected chi connectivity index (χ3v) is 15.7. The number of thiophene rings is 2. The topological polar surface area (TPSA) is 25.2 Å². The monoisotopic (exact) mass is 800 g/mol. The molecule has 0 spiro atoms. The first-order valence-corrected chi connectivity index (χ1v) is 23.2. The van der Waals surface area contributed by atoms with Gasteiger partial charge in [-0.2, -0.15) is 0 Å². The number of pyridine rings is 1. The molecule has 8 aromatic rings. The molecule has 59 heavy (non-hydrogen) atoms. The number of nitrogens with zero attached hydrogens (tertiary/aromatic N) is 2. The number of fused-ring (bicyclic) bond motifs is 8. The molecule has 290 valence electrons. The first-order valence-electron chi connectivity index (χ1n) is 21.6. The second-order valence-corrected chi connectivity index (χ2v) is 19.2. The summed E-state index contributed by atoms with van der Waals surface area (Å²) in [5.74, 6) is 1.44. The fourth-order valence-corrected chi connectivity index (χ4v) is 12.8. The van der Waals surface area contributed by atoms with E-state index in [0.717, 1.165) is 56.2 Å². The Hall–Kier alpha value is -5.42. The Morgan fingerprint density at radius 1 is 0.644 bits per heavy atom. The lowest BCUT2D eigenvalue weighted by atomic mass is 9.79. The lowest BCUT2D eigenvalue weighted by molar-refractivity contribution is 0.425. The van der Waals surface area contributed by atoms with Crippen LogP contribution >= 0.6 is 22.7 Å². The Bertz CT molecular complexity index is 3100. The van der Waals surface area contributed by atoms with E-state index in [4.69, 9.17) is 9.98 Å². The highest BCUT2D eigenvalue weighted by molar-refractivity contribution is 7.27. The van der Waals surface area contributed by atoms with Crippen LogP contribution in [-0.2, 0) is 0 Å². The van der Waals surface area contributed by atoms with Gasteiger partial charge < -0.3 is 0 Å². The molecule has 0 amide bonds. The number of aliphatic imine (C=N–C) groups is 1. The minimum atomic E-state index is 0.345. The molecule has 4 heteroatoms. The van der Waals surface area contributed by atoms with Crippen LogP contribution in [0.3, 0.4) is 0 Å². The summed E-state index contributed by atoms with van der Waals surface area (Å²) >= 11 is 3.84. The van der Waals surface area contributed by atoms with Gasteiger partial charge in [0.05, 0.1) is 11.2 Å². The van der Waals surface area contributed by atoms with Gasteiger partial charge in [0, 0.05) is 68.6 Å². The van der Waals surface area contributed by atoms with E-state index in [9.17, 15) is 0 Å². The molecule has 0 N–H and O–H groups in total. The van der Waals surface area contributed by atoms with Gasteiger partial charge in [-0.05, 0) is 111 Å². The van der Waals surface area contributed by atoms with Crippen molar-refractivity contribution in [2.45, 2.75) is 71.1 Å². The maximum atomic E-state index is 5.71. The Kier molecular flexibility index (Phi) is 9.51. The molecule has 0 fully saturated rings. The standard InChI is InChI=1S/C55H48N2S2/c1-34-28-30-38(32-34)46-24-12-20-40(36-14-4-3-5-15-36)35(2)29-31-47(56-46)37-16-10-17-39(33-37)53-52-45-19-7-9-27-50(45)59-55(52)51-42(21-13-25-48(51)57-53)44-23-11-22-43-41-18-6-8-26-49(41)58-54(43)44/h3-9,11,13-15,17-19,21-23,25-28,30-31,35,37,40H,10,12,16,20,24,29,32-33H2,1-2H3/b47-31+,56-46+/t35-,37?,40?/m1/s1. The van der Waals surface area contributed by atoms with E-state index in [1.165, 1.54) is 97.0 Å². The average molecular weight is 801 g/mol. The van der Waals surface area contributed by atoms with Crippen molar-refractivity contribution in [3.8, 4) is 11.1 Å². The van der Waals surface area contributed by atoms with Gasteiger partial charge in [-0.15, -0.1) is 22.7 Å². The van der Waals surface area contributed by atoms with Crippen molar-refractivity contribution in [3.05, 3.63) is 168 Å².